The van der Waals surface area contributed by atoms with E-state index >= 15 is 0 Å². The summed E-state index contributed by atoms with van der Waals surface area (Å²) in [7, 11) is 0. The fraction of sp³-hybridized carbons (Fsp3) is 0.417. The zero-order chi connectivity index (χ0) is 12.4. The lowest BCUT2D eigenvalue weighted by Gasteiger charge is -2.19. The average molecular weight is 250 g/mol. The summed E-state index contributed by atoms with van der Waals surface area (Å²) in [6.07, 6.45) is 1.63. The van der Waals surface area contributed by atoms with E-state index in [4.69, 9.17) is 16.9 Å². The number of rotatable bonds is 1. The molecule has 1 aliphatic heterocycles. The Kier molecular flexibility index (Phi) is 3.30. The van der Waals surface area contributed by atoms with Crippen LogP contribution in [-0.4, -0.2) is 28.4 Å². The Hall–Kier alpha value is -1.60. The van der Waals surface area contributed by atoms with E-state index in [0.29, 0.717) is 23.0 Å². The average Bonchev–Trinajstić information content (AvgIpc) is 2.74. The van der Waals surface area contributed by atoms with E-state index in [1.165, 1.54) is 0 Å². The molecule has 88 valence electrons. The van der Waals surface area contributed by atoms with E-state index in [2.05, 4.69) is 11.1 Å². The Morgan fingerprint density at radius 2 is 2.41 bits per heavy atom. The molecule has 2 rings (SSSR count). The Morgan fingerprint density at radius 3 is 3.06 bits per heavy atom. The third kappa shape index (κ3) is 2.40. The zero-order valence-electron chi connectivity index (χ0n) is 9.48. The van der Waals surface area contributed by atoms with Gasteiger partial charge in [0.05, 0.1) is 6.07 Å². The van der Waals surface area contributed by atoms with Gasteiger partial charge in [0.15, 0.2) is 0 Å². The molecule has 5 heteroatoms. The first-order valence-electron chi connectivity index (χ1n) is 5.46. The molecule has 17 heavy (non-hydrogen) atoms. The first-order valence-corrected chi connectivity index (χ1v) is 5.84. The molecule has 1 atom stereocenters. The van der Waals surface area contributed by atoms with Gasteiger partial charge in [0, 0.05) is 17.8 Å². The second kappa shape index (κ2) is 4.72. The van der Waals surface area contributed by atoms with Crippen LogP contribution in [0.5, 0.6) is 0 Å². The second-order valence-corrected chi connectivity index (χ2v) is 4.49. The lowest BCUT2D eigenvalue weighted by Crippen LogP contribution is -2.34. The lowest BCUT2D eigenvalue weighted by atomic mass is 10.2. The summed E-state index contributed by atoms with van der Waals surface area (Å²) in [4.78, 5) is 17.8. The van der Waals surface area contributed by atoms with Gasteiger partial charge in [-0.1, -0.05) is 11.6 Å². The number of carbonyl (C=O) groups excluding carboxylic acids is 1. The number of likely N-dealkylation sites (tertiary alicyclic amines) is 1. The van der Waals surface area contributed by atoms with Gasteiger partial charge in [-0.15, -0.1) is 0 Å². The van der Waals surface area contributed by atoms with Gasteiger partial charge in [-0.05, 0) is 31.9 Å². The molecule has 0 radical (unpaired) electrons. The highest BCUT2D eigenvalue weighted by atomic mass is 35.5. The van der Waals surface area contributed by atoms with Gasteiger partial charge >= 0.3 is 0 Å². The monoisotopic (exact) mass is 249 g/mol. The van der Waals surface area contributed by atoms with Gasteiger partial charge in [-0.3, -0.25) is 4.79 Å². The molecule has 1 aromatic rings. The molecule has 4 nitrogen and oxygen atoms in total. The van der Waals surface area contributed by atoms with Crippen molar-refractivity contribution in [2.45, 2.75) is 25.8 Å². The molecule has 0 N–H and O–H groups in total. The predicted molar refractivity (Wildman–Crippen MR) is 63.7 cm³/mol. The molecule has 1 aliphatic rings. The molecule has 2 heterocycles. The maximum atomic E-state index is 12.2. The fourth-order valence-electron chi connectivity index (χ4n) is 2.06. The summed E-state index contributed by atoms with van der Waals surface area (Å²) < 4.78 is 0. The van der Waals surface area contributed by atoms with Crippen LogP contribution < -0.4 is 0 Å². The first-order chi connectivity index (χ1) is 8.11. The van der Waals surface area contributed by atoms with Crippen LogP contribution in [0, 0.1) is 18.3 Å². The summed E-state index contributed by atoms with van der Waals surface area (Å²) in [5.74, 6) is -0.138. The number of hydrogen-bond acceptors (Lipinski definition) is 3. The molecule has 0 aromatic carbocycles. The van der Waals surface area contributed by atoms with Gasteiger partial charge in [0.1, 0.15) is 11.2 Å². The molecular formula is C12H12ClN3O. The third-order valence-electron chi connectivity index (χ3n) is 2.83. The summed E-state index contributed by atoms with van der Waals surface area (Å²) in [5, 5.41) is 9.27. The van der Waals surface area contributed by atoms with Crippen molar-refractivity contribution in [2.75, 3.05) is 6.54 Å². The van der Waals surface area contributed by atoms with Crippen LogP contribution in [0.2, 0.25) is 5.15 Å². The molecule has 1 amide bonds. The number of aromatic nitrogens is 1. The van der Waals surface area contributed by atoms with Crippen LogP contribution in [0.1, 0.15) is 28.9 Å². The summed E-state index contributed by atoms with van der Waals surface area (Å²) in [5.41, 5.74) is 1.21. The van der Waals surface area contributed by atoms with E-state index in [1.54, 1.807) is 24.0 Å². The van der Waals surface area contributed by atoms with Crippen molar-refractivity contribution in [1.82, 2.24) is 9.88 Å². The summed E-state index contributed by atoms with van der Waals surface area (Å²) in [6.45, 7) is 2.42. The molecule has 0 saturated carbocycles. The number of halogens is 1. The van der Waals surface area contributed by atoms with E-state index in [9.17, 15) is 4.79 Å². The van der Waals surface area contributed by atoms with E-state index in [-0.39, 0.29) is 11.9 Å². The van der Waals surface area contributed by atoms with Crippen LogP contribution in [0.3, 0.4) is 0 Å². The Morgan fingerprint density at radius 1 is 1.65 bits per heavy atom. The molecule has 0 bridgehead atoms. The van der Waals surface area contributed by atoms with Crippen molar-refractivity contribution in [3.05, 3.63) is 28.5 Å². The van der Waals surface area contributed by atoms with Crippen LogP contribution in [0.25, 0.3) is 0 Å². The summed E-state index contributed by atoms with van der Waals surface area (Å²) >= 11 is 5.82. The Balaban J connectivity index is 2.28. The lowest BCUT2D eigenvalue weighted by molar-refractivity contribution is 0.0764. The number of nitriles is 1. The summed E-state index contributed by atoms with van der Waals surface area (Å²) in [6, 6.07) is 5.08. The second-order valence-electron chi connectivity index (χ2n) is 4.11. The van der Waals surface area contributed by atoms with Gasteiger partial charge in [-0.2, -0.15) is 5.26 Å². The number of hydrogen-bond donors (Lipinski definition) is 0. The standard InChI is InChI=1S/C12H12ClN3O/c1-8-5-9(6-11(13)15-8)12(17)16-4-2-3-10(16)7-14/h5-6,10H,2-4H2,1H3. The molecule has 1 fully saturated rings. The normalized spacial score (nSPS) is 19.1. The maximum absolute atomic E-state index is 12.2. The van der Waals surface area contributed by atoms with Crippen molar-refractivity contribution in [3.8, 4) is 6.07 Å². The smallest absolute Gasteiger partial charge is 0.255 e. The van der Waals surface area contributed by atoms with E-state index in [0.717, 1.165) is 12.8 Å². The van der Waals surface area contributed by atoms with Crippen molar-refractivity contribution >= 4 is 17.5 Å². The highest BCUT2D eigenvalue weighted by Gasteiger charge is 2.29. The number of pyridine rings is 1. The van der Waals surface area contributed by atoms with E-state index < -0.39 is 0 Å². The minimum absolute atomic E-state index is 0.138. The quantitative estimate of drug-likeness (QED) is 0.717. The largest absolute Gasteiger partial charge is 0.323 e. The van der Waals surface area contributed by atoms with Crippen LogP contribution in [0.15, 0.2) is 12.1 Å². The molecule has 1 unspecified atom stereocenters. The fourth-order valence-corrected chi connectivity index (χ4v) is 2.31. The van der Waals surface area contributed by atoms with Crippen LogP contribution >= 0.6 is 11.6 Å². The van der Waals surface area contributed by atoms with Gasteiger partial charge in [-0.25, -0.2) is 4.98 Å². The maximum Gasteiger partial charge on any atom is 0.255 e. The van der Waals surface area contributed by atoms with Crippen molar-refractivity contribution < 1.29 is 4.79 Å². The minimum Gasteiger partial charge on any atom is -0.323 e. The number of aryl methyl sites for hydroxylation is 1. The number of carbonyl (C=O) groups is 1. The first kappa shape index (κ1) is 11.9. The Bertz CT molecular complexity index is 475. The van der Waals surface area contributed by atoms with Crippen molar-refractivity contribution in [1.29, 1.82) is 5.26 Å². The van der Waals surface area contributed by atoms with Crippen LogP contribution in [0.4, 0.5) is 0 Å². The van der Waals surface area contributed by atoms with Gasteiger partial charge < -0.3 is 4.90 Å². The molecule has 1 saturated heterocycles. The molecule has 1 aromatic heterocycles. The highest BCUT2D eigenvalue weighted by molar-refractivity contribution is 6.29. The SMILES string of the molecule is Cc1cc(C(=O)N2CCCC2C#N)cc(Cl)n1. The molecule has 0 spiro atoms. The molecular weight excluding hydrogens is 238 g/mol. The minimum atomic E-state index is -0.310. The van der Waals surface area contributed by atoms with Crippen molar-refractivity contribution in [3.63, 3.8) is 0 Å². The number of amides is 1. The van der Waals surface area contributed by atoms with Crippen molar-refractivity contribution in [2.24, 2.45) is 0 Å². The topological polar surface area (TPSA) is 57.0 Å². The predicted octanol–water partition coefficient (Wildman–Crippen LogP) is 2.17. The number of nitrogens with zero attached hydrogens (tertiary/aromatic N) is 3. The molecule has 0 aliphatic carbocycles. The zero-order valence-corrected chi connectivity index (χ0v) is 10.2. The Labute approximate surface area is 105 Å². The third-order valence-corrected chi connectivity index (χ3v) is 3.03. The van der Waals surface area contributed by atoms with Gasteiger partial charge in [0.2, 0.25) is 0 Å². The van der Waals surface area contributed by atoms with Gasteiger partial charge in [0.25, 0.3) is 5.91 Å². The van der Waals surface area contributed by atoms with Crippen LogP contribution in [-0.2, 0) is 0 Å². The highest BCUT2D eigenvalue weighted by Crippen LogP contribution is 2.20. The van der Waals surface area contributed by atoms with E-state index in [1.807, 2.05) is 0 Å².